The third-order valence-corrected chi connectivity index (χ3v) is 4.80. The van der Waals surface area contributed by atoms with Crippen LogP contribution < -0.4 is 5.32 Å². The molecule has 2 rings (SSSR count). The number of nitrogens with zero attached hydrogens (tertiary/aromatic N) is 2. The van der Waals surface area contributed by atoms with Gasteiger partial charge in [-0.1, -0.05) is 0 Å². The molecule has 2 aliphatic heterocycles. The summed E-state index contributed by atoms with van der Waals surface area (Å²) in [6.45, 7) is 3.86. The van der Waals surface area contributed by atoms with Crippen LogP contribution in [0.2, 0.25) is 0 Å². The van der Waals surface area contributed by atoms with Crippen LogP contribution in [-0.2, 0) is 14.4 Å². The van der Waals surface area contributed by atoms with Gasteiger partial charge in [-0.25, -0.2) is 0 Å². The SMILES string of the molecule is CC(=O)N1CCC(N2CCCC(CC(=O)NCCO)C2=O)CC1. The van der Waals surface area contributed by atoms with E-state index in [4.69, 9.17) is 5.11 Å². The molecule has 2 N–H and O–H groups in total. The third-order valence-electron chi connectivity index (χ3n) is 4.80. The number of rotatable bonds is 5. The maximum Gasteiger partial charge on any atom is 0.226 e. The molecule has 0 saturated carbocycles. The number of nitrogens with one attached hydrogen (secondary N) is 1. The van der Waals surface area contributed by atoms with Crippen molar-refractivity contribution in [1.29, 1.82) is 0 Å². The second kappa shape index (κ2) is 8.29. The van der Waals surface area contributed by atoms with Crippen molar-refractivity contribution in [2.24, 2.45) is 5.92 Å². The molecule has 23 heavy (non-hydrogen) atoms. The highest BCUT2D eigenvalue weighted by molar-refractivity contribution is 5.86. The van der Waals surface area contributed by atoms with Crippen molar-refractivity contribution in [2.45, 2.75) is 45.1 Å². The van der Waals surface area contributed by atoms with Crippen molar-refractivity contribution in [1.82, 2.24) is 15.1 Å². The predicted octanol–water partition coefficient (Wildman–Crippen LogP) is -0.265. The molecule has 130 valence electrons. The van der Waals surface area contributed by atoms with E-state index in [-0.39, 0.29) is 49.3 Å². The first kappa shape index (κ1) is 17.7. The summed E-state index contributed by atoms with van der Waals surface area (Å²) < 4.78 is 0. The molecule has 2 heterocycles. The molecule has 7 heteroatoms. The Bertz CT molecular complexity index is 447. The van der Waals surface area contributed by atoms with Gasteiger partial charge in [-0.15, -0.1) is 0 Å². The maximum absolute atomic E-state index is 12.7. The minimum absolute atomic E-state index is 0.0664. The van der Waals surface area contributed by atoms with Gasteiger partial charge in [0.1, 0.15) is 0 Å². The van der Waals surface area contributed by atoms with Crippen LogP contribution in [0.1, 0.15) is 39.0 Å². The second-order valence-electron chi connectivity index (χ2n) is 6.39. The fourth-order valence-electron chi connectivity index (χ4n) is 3.51. The Kier molecular flexibility index (Phi) is 6.38. The summed E-state index contributed by atoms with van der Waals surface area (Å²) in [7, 11) is 0. The summed E-state index contributed by atoms with van der Waals surface area (Å²) >= 11 is 0. The van der Waals surface area contributed by atoms with E-state index < -0.39 is 0 Å². The normalized spacial score (nSPS) is 23.0. The molecule has 1 atom stereocenters. The van der Waals surface area contributed by atoms with Gasteiger partial charge >= 0.3 is 0 Å². The van der Waals surface area contributed by atoms with E-state index in [0.29, 0.717) is 13.1 Å². The Morgan fingerprint density at radius 1 is 1.22 bits per heavy atom. The van der Waals surface area contributed by atoms with Crippen molar-refractivity contribution < 1.29 is 19.5 Å². The molecule has 7 nitrogen and oxygen atoms in total. The molecule has 0 radical (unpaired) electrons. The quantitative estimate of drug-likeness (QED) is 0.728. The Labute approximate surface area is 137 Å². The summed E-state index contributed by atoms with van der Waals surface area (Å²) in [5, 5.41) is 11.3. The molecule has 1 unspecified atom stereocenters. The van der Waals surface area contributed by atoms with Gasteiger partial charge in [0, 0.05) is 51.5 Å². The van der Waals surface area contributed by atoms with E-state index in [1.165, 1.54) is 0 Å². The summed E-state index contributed by atoms with van der Waals surface area (Å²) in [5.41, 5.74) is 0. The van der Waals surface area contributed by atoms with Gasteiger partial charge in [-0.2, -0.15) is 0 Å². The monoisotopic (exact) mass is 325 g/mol. The molecule has 2 fully saturated rings. The number of piperidine rings is 2. The smallest absolute Gasteiger partial charge is 0.226 e. The molecule has 0 aromatic heterocycles. The lowest BCUT2D eigenvalue weighted by molar-refractivity contribution is -0.145. The highest BCUT2D eigenvalue weighted by Crippen LogP contribution is 2.26. The Balaban J connectivity index is 1.87. The molecule has 0 aromatic carbocycles. The van der Waals surface area contributed by atoms with Crippen LogP contribution in [0, 0.1) is 5.92 Å². The van der Waals surface area contributed by atoms with E-state index in [1.54, 1.807) is 6.92 Å². The van der Waals surface area contributed by atoms with Gasteiger partial charge in [0.05, 0.1) is 6.61 Å². The van der Waals surface area contributed by atoms with Crippen LogP contribution >= 0.6 is 0 Å². The van der Waals surface area contributed by atoms with Crippen molar-refractivity contribution in [3.05, 3.63) is 0 Å². The van der Waals surface area contributed by atoms with Gasteiger partial charge in [0.15, 0.2) is 0 Å². The van der Waals surface area contributed by atoms with E-state index in [2.05, 4.69) is 5.32 Å². The zero-order chi connectivity index (χ0) is 16.8. The minimum atomic E-state index is -0.256. The molecule has 0 aromatic rings. The van der Waals surface area contributed by atoms with Crippen molar-refractivity contribution in [3.8, 4) is 0 Å². The number of aliphatic hydroxyl groups excluding tert-OH is 1. The topological polar surface area (TPSA) is 90.0 Å². The van der Waals surface area contributed by atoms with Gasteiger partial charge in [0.25, 0.3) is 0 Å². The molecular weight excluding hydrogens is 298 g/mol. The van der Waals surface area contributed by atoms with Crippen LogP contribution in [0.5, 0.6) is 0 Å². The van der Waals surface area contributed by atoms with E-state index >= 15 is 0 Å². The number of aliphatic hydroxyl groups is 1. The summed E-state index contributed by atoms with van der Waals surface area (Å²) in [5.74, 6) is -0.276. The lowest BCUT2D eigenvalue weighted by atomic mass is 9.90. The average molecular weight is 325 g/mol. The summed E-state index contributed by atoms with van der Waals surface area (Å²) in [4.78, 5) is 39.6. The first-order valence-corrected chi connectivity index (χ1v) is 8.46. The Hall–Kier alpha value is -1.63. The zero-order valence-electron chi connectivity index (χ0n) is 13.8. The highest BCUT2D eigenvalue weighted by Gasteiger charge is 2.35. The van der Waals surface area contributed by atoms with Gasteiger partial charge < -0.3 is 20.2 Å². The van der Waals surface area contributed by atoms with Crippen LogP contribution in [0.15, 0.2) is 0 Å². The van der Waals surface area contributed by atoms with Crippen LogP contribution in [0.4, 0.5) is 0 Å². The first-order valence-electron chi connectivity index (χ1n) is 8.46. The Morgan fingerprint density at radius 2 is 1.91 bits per heavy atom. The fraction of sp³-hybridized carbons (Fsp3) is 0.812. The van der Waals surface area contributed by atoms with Gasteiger partial charge in [0.2, 0.25) is 17.7 Å². The molecule has 2 aliphatic rings. The third kappa shape index (κ3) is 4.67. The van der Waals surface area contributed by atoms with Crippen LogP contribution in [0.3, 0.4) is 0 Å². The van der Waals surface area contributed by atoms with E-state index in [9.17, 15) is 14.4 Å². The van der Waals surface area contributed by atoms with Crippen molar-refractivity contribution in [2.75, 3.05) is 32.8 Å². The molecule has 2 saturated heterocycles. The standard InChI is InChI=1S/C16H27N3O4/c1-12(21)18-8-4-14(5-9-18)19-7-2-3-13(16(19)23)11-15(22)17-6-10-20/h13-14,20H,2-11H2,1H3,(H,17,22). The second-order valence-corrected chi connectivity index (χ2v) is 6.39. The Morgan fingerprint density at radius 3 is 2.52 bits per heavy atom. The average Bonchev–Trinajstić information content (AvgIpc) is 2.55. The molecular formula is C16H27N3O4. The van der Waals surface area contributed by atoms with Crippen molar-refractivity contribution >= 4 is 17.7 Å². The molecule has 3 amide bonds. The zero-order valence-corrected chi connectivity index (χ0v) is 13.8. The summed E-state index contributed by atoms with van der Waals surface area (Å²) in [6, 6.07) is 0.182. The van der Waals surface area contributed by atoms with Crippen molar-refractivity contribution in [3.63, 3.8) is 0 Å². The number of hydrogen-bond acceptors (Lipinski definition) is 4. The lowest BCUT2D eigenvalue weighted by Crippen LogP contribution is -2.52. The number of carbonyl (C=O) groups is 3. The van der Waals surface area contributed by atoms with Crippen LogP contribution in [0.25, 0.3) is 0 Å². The number of amides is 3. The van der Waals surface area contributed by atoms with Crippen LogP contribution in [-0.4, -0.2) is 71.5 Å². The predicted molar refractivity (Wildman–Crippen MR) is 84.4 cm³/mol. The largest absolute Gasteiger partial charge is 0.395 e. The number of carbonyl (C=O) groups excluding carboxylic acids is 3. The summed E-state index contributed by atoms with van der Waals surface area (Å²) in [6.07, 6.45) is 3.48. The van der Waals surface area contributed by atoms with Gasteiger partial charge in [-0.05, 0) is 25.7 Å². The number of hydrogen-bond donors (Lipinski definition) is 2. The number of likely N-dealkylation sites (tertiary alicyclic amines) is 2. The molecule has 0 spiro atoms. The highest BCUT2D eigenvalue weighted by atomic mass is 16.3. The lowest BCUT2D eigenvalue weighted by Gasteiger charge is -2.42. The van der Waals surface area contributed by atoms with E-state index in [0.717, 1.165) is 32.2 Å². The minimum Gasteiger partial charge on any atom is -0.395 e. The van der Waals surface area contributed by atoms with Gasteiger partial charge in [-0.3, -0.25) is 14.4 Å². The first-order chi connectivity index (χ1) is 11.0. The molecule has 0 bridgehead atoms. The fourth-order valence-corrected chi connectivity index (χ4v) is 3.51. The molecule has 0 aliphatic carbocycles. The van der Waals surface area contributed by atoms with E-state index in [1.807, 2.05) is 9.80 Å². The maximum atomic E-state index is 12.7.